The van der Waals surface area contributed by atoms with E-state index in [0.29, 0.717) is 10.6 Å². The minimum Gasteiger partial charge on any atom is -0.376 e. The summed E-state index contributed by atoms with van der Waals surface area (Å²) >= 11 is 6.15. The third-order valence-corrected chi connectivity index (χ3v) is 3.10. The normalized spacial score (nSPS) is 9.78. The molecule has 92 valence electrons. The minimum absolute atomic E-state index is 0.127. The molecule has 0 aliphatic carbocycles. The quantitative estimate of drug-likeness (QED) is 0.755. The number of nitrogens with one attached hydrogen (secondary N) is 2. The second-order valence-corrected chi connectivity index (χ2v) is 4.89. The number of hydrogen-bond acceptors (Lipinski definition) is 3. The van der Waals surface area contributed by atoms with Gasteiger partial charge in [0.15, 0.2) is 5.11 Å². The molecule has 6 heteroatoms. The van der Waals surface area contributed by atoms with E-state index >= 15 is 0 Å². The number of amides is 1. The van der Waals surface area contributed by atoms with Crippen molar-refractivity contribution in [1.82, 2.24) is 0 Å². The summed E-state index contributed by atoms with van der Waals surface area (Å²) in [5.74, 6) is -0.127. The van der Waals surface area contributed by atoms with Crippen molar-refractivity contribution in [3.8, 4) is 0 Å². The summed E-state index contributed by atoms with van der Waals surface area (Å²) in [6.45, 7) is 0. The van der Waals surface area contributed by atoms with E-state index in [0.717, 1.165) is 5.69 Å². The molecule has 18 heavy (non-hydrogen) atoms. The van der Waals surface area contributed by atoms with Gasteiger partial charge in [-0.1, -0.05) is 12.1 Å². The smallest absolute Gasteiger partial charge is 0.265 e. The predicted octanol–water partition coefficient (Wildman–Crippen LogP) is 2.66. The largest absolute Gasteiger partial charge is 0.376 e. The van der Waals surface area contributed by atoms with E-state index in [2.05, 4.69) is 10.6 Å². The van der Waals surface area contributed by atoms with Gasteiger partial charge in [0.1, 0.15) is 0 Å². The number of carbonyl (C=O) groups is 1. The van der Waals surface area contributed by atoms with Crippen LogP contribution in [0.4, 0.5) is 11.4 Å². The van der Waals surface area contributed by atoms with E-state index in [1.54, 1.807) is 18.2 Å². The van der Waals surface area contributed by atoms with E-state index < -0.39 is 0 Å². The van der Waals surface area contributed by atoms with Crippen molar-refractivity contribution in [2.45, 2.75) is 0 Å². The molecule has 0 fully saturated rings. The molecule has 0 radical (unpaired) electrons. The van der Waals surface area contributed by atoms with Gasteiger partial charge in [0, 0.05) is 11.4 Å². The summed E-state index contributed by atoms with van der Waals surface area (Å²) in [6, 6.07) is 10.8. The van der Waals surface area contributed by atoms with Crippen LogP contribution in [0.15, 0.2) is 41.8 Å². The molecule has 1 aromatic heterocycles. The number of thiocarbonyl (C=S) groups is 1. The third kappa shape index (κ3) is 3.28. The Morgan fingerprint density at radius 2 is 1.89 bits per heavy atom. The molecule has 0 bridgehead atoms. The van der Waals surface area contributed by atoms with Crippen LogP contribution >= 0.6 is 23.6 Å². The predicted molar refractivity (Wildman–Crippen MR) is 79.1 cm³/mol. The Balaban J connectivity index is 2.10. The average molecular weight is 277 g/mol. The first-order chi connectivity index (χ1) is 8.65. The first-order valence-electron chi connectivity index (χ1n) is 5.16. The van der Waals surface area contributed by atoms with Gasteiger partial charge in [0.2, 0.25) is 0 Å². The lowest BCUT2D eigenvalue weighted by Crippen LogP contribution is -2.19. The molecule has 1 amide bonds. The maximum atomic E-state index is 11.8. The highest BCUT2D eigenvalue weighted by Gasteiger charge is 2.06. The Labute approximate surface area is 114 Å². The van der Waals surface area contributed by atoms with Crippen molar-refractivity contribution in [2.24, 2.45) is 5.73 Å². The van der Waals surface area contributed by atoms with Gasteiger partial charge in [-0.2, -0.15) is 0 Å². The topological polar surface area (TPSA) is 67.2 Å². The van der Waals surface area contributed by atoms with Crippen LogP contribution in [-0.2, 0) is 0 Å². The maximum absolute atomic E-state index is 11.8. The van der Waals surface area contributed by atoms with E-state index in [9.17, 15) is 4.79 Å². The van der Waals surface area contributed by atoms with Crippen LogP contribution in [0.2, 0.25) is 0 Å². The van der Waals surface area contributed by atoms with Crippen LogP contribution in [0.5, 0.6) is 0 Å². The molecule has 0 aliphatic rings. The van der Waals surface area contributed by atoms with Crippen LogP contribution < -0.4 is 16.4 Å². The van der Waals surface area contributed by atoms with Gasteiger partial charge in [-0.3, -0.25) is 4.79 Å². The van der Waals surface area contributed by atoms with Crippen molar-refractivity contribution in [3.63, 3.8) is 0 Å². The maximum Gasteiger partial charge on any atom is 0.265 e. The first-order valence-corrected chi connectivity index (χ1v) is 6.45. The lowest BCUT2D eigenvalue weighted by atomic mass is 10.2. The highest BCUT2D eigenvalue weighted by Crippen LogP contribution is 2.17. The standard InChI is InChI=1S/C12H11N3OS2/c13-12(17)15-9-4-1-3-8(7-9)14-11(16)10-5-2-6-18-10/h1-7H,(H,14,16)(H3,13,15,17). The van der Waals surface area contributed by atoms with Gasteiger partial charge in [-0.25, -0.2) is 0 Å². The van der Waals surface area contributed by atoms with Gasteiger partial charge in [0.05, 0.1) is 4.88 Å². The van der Waals surface area contributed by atoms with E-state index in [1.165, 1.54) is 11.3 Å². The van der Waals surface area contributed by atoms with Crippen molar-refractivity contribution in [1.29, 1.82) is 0 Å². The van der Waals surface area contributed by atoms with E-state index in [1.807, 2.05) is 23.6 Å². The highest BCUT2D eigenvalue weighted by molar-refractivity contribution is 7.80. The summed E-state index contributed by atoms with van der Waals surface area (Å²) in [6.07, 6.45) is 0. The minimum atomic E-state index is -0.127. The van der Waals surface area contributed by atoms with Gasteiger partial charge < -0.3 is 16.4 Å². The van der Waals surface area contributed by atoms with Crippen LogP contribution in [0.1, 0.15) is 9.67 Å². The molecule has 1 heterocycles. The van der Waals surface area contributed by atoms with Crippen molar-refractivity contribution in [2.75, 3.05) is 10.6 Å². The van der Waals surface area contributed by atoms with E-state index in [-0.39, 0.29) is 11.0 Å². The molecule has 0 saturated heterocycles. The number of benzene rings is 1. The fourth-order valence-electron chi connectivity index (χ4n) is 1.42. The number of rotatable bonds is 3. The van der Waals surface area contributed by atoms with Gasteiger partial charge >= 0.3 is 0 Å². The summed E-state index contributed by atoms with van der Waals surface area (Å²) in [5.41, 5.74) is 6.82. The lowest BCUT2D eigenvalue weighted by molar-refractivity contribution is 0.103. The van der Waals surface area contributed by atoms with Gasteiger partial charge in [-0.05, 0) is 41.9 Å². The molecule has 4 N–H and O–H groups in total. The average Bonchev–Trinajstić information content (AvgIpc) is 2.81. The lowest BCUT2D eigenvalue weighted by Gasteiger charge is -2.07. The van der Waals surface area contributed by atoms with E-state index in [4.69, 9.17) is 18.0 Å². The van der Waals surface area contributed by atoms with Gasteiger partial charge in [-0.15, -0.1) is 11.3 Å². The SMILES string of the molecule is NC(=S)Nc1cccc(NC(=O)c2cccs2)c1. The zero-order valence-corrected chi connectivity index (χ0v) is 11.0. The Kier molecular flexibility index (Phi) is 3.91. The molecule has 0 aliphatic heterocycles. The second-order valence-electron chi connectivity index (χ2n) is 3.50. The van der Waals surface area contributed by atoms with Crippen molar-refractivity contribution >= 4 is 45.9 Å². The first kappa shape index (κ1) is 12.5. The summed E-state index contributed by atoms with van der Waals surface area (Å²) in [5, 5.41) is 7.67. The Bertz CT molecular complexity index is 566. The molecule has 4 nitrogen and oxygen atoms in total. The van der Waals surface area contributed by atoms with Gasteiger partial charge in [0.25, 0.3) is 5.91 Å². The Hall–Kier alpha value is -1.92. The molecule has 2 aromatic rings. The highest BCUT2D eigenvalue weighted by atomic mass is 32.1. The molecule has 1 aromatic carbocycles. The number of nitrogens with two attached hydrogens (primary N) is 1. The van der Waals surface area contributed by atoms with Crippen molar-refractivity contribution in [3.05, 3.63) is 46.7 Å². The Morgan fingerprint density at radius 1 is 1.17 bits per heavy atom. The van der Waals surface area contributed by atoms with Crippen molar-refractivity contribution < 1.29 is 4.79 Å². The third-order valence-electron chi connectivity index (χ3n) is 2.13. The van der Waals surface area contributed by atoms with Crippen LogP contribution in [0.3, 0.4) is 0 Å². The molecular formula is C12H11N3OS2. The fraction of sp³-hybridized carbons (Fsp3) is 0. The number of thiophene rings is 1. The molecule has 0 atom stereocenters. The second kappa shape index (κ2) is 5.61. The monoisotopic (exact) mass is 277 g/mol. The molecule has 2 rings (SSSR count). The number of anilines is 2. The summed E-state index contributed by atoms with van der Waals surface area (Å²) in [4.78, 5) is 12.5. The number of hydrogen-bond donors (Lipinski definition) is 3. The summed E-state index contributed by atoms with van der Waals surface area (Å²) in [7, 11) is 0. The number of carbonyl (C=O) groups excluding carboxylic acids is 1. The Morgan fingerprint density at radius 3 is 2.50 bits per heavy atom. The van der Waals surface area contributed by atoms with Crippen LogP contribution in [0, 0.1) is 0 Å². The molecule has 0 saturated carbocycles. The summed E-state index contributed by atoms with van der Waals surface area (Å²) < 4.78 is 0. The van der Waals surface area contributed by atoms with Crippen LogP contribution in [-0.4, -0.2) is 11.0 Å². The zero-order chi connectivity index (χ0) is 13.0. The van der Waals surface area contributed by atoms with Crippen LogP contribution in [0.25, 0.3) is 0 Å². The molecular weight excluding hydrogens is 266 g/mol. The molecule has 0 unspecified atom stereocenters. The molecule has 0 spiro atoms. The fourth-order valence-corrected chi connectivity index (χ4v) is 2.15. The zero-order valence-electron chi connectivity index (χ0n) is 9.34.